The molecule has 1 saturated carbocycles. The number of rotatable bonds is 3. The van der Waals surface area contributed by atoms with Gasteiger partial charge < -0.3 is 4.74 Å². The van der Waals surface area contributed by atoms with Crippen LogP contribution in [0.4, 0.5) is 0 Å². The van der Waals surface area contributed by atoms with E-state index in [1.807, 2.05) is 12.1 Å². The number of ether oxygens (including phenoxy) is 1. The molecule has 0 N–H and O–H groups in total. The Hall–Kier alpha value is -0.210. The molecule has 0 spiro atoms. The van der Waals surface area contributed by atoms with Gasteiger partial charge in [-0.2, -0.15) is 0 Å². The van der Waals surface area contributed by atoms with E-state index in [1.165, 1.54) is 12.0 Å². The Kier molecular flexibility index (Phi) is 4.37. The predicted octanol–water partition coefficient (Wildman–Crippen LogP) is 4.65. The lowest BCUT2D eigenvalue weighted by atomic mass is 9.90. The van der Waals surface area contributed by atoms with Crippen molar-refractivity contribution in [2.24, 2.45) is 11.8 Å². The Balaban J connectivity index is 2.15. The first-order valence-electron chi connectivity index (χ1n) is 6.08. The maximum atomic E-state index is 6.29. The number of hydrogen-bond donors (Lipinski definition) is 0. The lowest BCUT2D eigenvalue weighted by Crippen LogP contribution is -2.13. The molecule has 1 aliphatic carbocycles. The van der Waals surface area contributed by atoms with Crippen molar-refractivity contribution < 1.29 is 4.74 Å². The summed E-state index contributed by atoms with van der Waals surface area (Å²) in [5.41, 5.74) is 1.28. The van der Waals surface area contributed by atoms with Gasteiger partial charge in [0.25, 0.3) is 0 Å². The van der Waals surface area contributed by atoms with Gasteiger partial charge in [-0.05, 0) is 54.9 Å². The number of hydrogen-bond acceptors (Lipinski definition) is 1. The summed E-state index contributed by atoms with van der Waals surface area (Å²) >= 11 is 9.81. The van der Waals surface area contributed by atoms with E-state index in [2.05, 4.69) is 28.9 Å². The third-order valence-electron chi connectivity index (χ3n) is 3.85. The quantitative estimate of drug-likeness (QED) is 0.737. The third kappa shape index (κ3) is 2.97. The highest BCUT2D eigenvalue weighted by molar-refractivity contribution is 9.10. The molecule has 3 unspecified atom stereocenters. The van der Waals surface area contributed by atoms with Crippen molar-refractivity contribution in [3.63, 3.8) is 0 Å². The predicted molar refractivity (Wildman–Crippen MR) is 75.9 cm³/mol. The van der Waals surface area contributed by atoms with Crippen molar-refractivity contribution in [1.29, 1.82) is 0 Å². The van der Waals surface area contributed by atoms with Crippen LogP contribution in [0.1, 0.15) is 25.3 Å². The van der Waals surface area contributed by atoms with Gasteiger partial charge in [-0.3, -0.25) is 0 Å². The van der Waals surface area contributed by atoms with Gasteiger partial charge in [-0.15, -0.1) is 11.6 Å². The fourth-order valence-corrected chi connectivity index (χ4v) is 3.41. The van der Waals surface area contributed by atoms with Crippen LogP contribution in [0, 0.1) is 11.8 Å². The maximum absolute atomic E-state index is 6.29. The highest BCUT2D eigenvalue weighted by Crippen LogP contribution is 2.39. The Morgan fingerprint density at radius 3 is 2.76 bits per heavy atom. The normalized spacial score (nSPS) is 28.4. The van der Waals surface area contributed by atoms with Gasteiger partial charge in [0.2, 0.25) is 0 Å². The van der Waals surface area contributed by atoms with Crippen LogP contribution in [-0.2, 0) is 6.42 Å². The van der Waals surface area contributed by atoms with E-state index in [0.717, 1.165) is 23.1 Å². The molecule has 1 aliphatic rings. The van der Waals surface area contributed by atoms with Crippen LogP contribution in [0.5, 0.6) is 5.75 Å². The molecule has 1 aromatic carbocycles. The molecular formula is C14H18BrClO. The monoisotopic (exact) mass is 316 g/mol. The topological polar surface area (TPSA) is 9.23 Å². The van der Waals surface area contributed by atoms with Crippen molar-refractivity contribution in [2.45, 2.75) is 31.6 Å². The molecule has 0 heterocycles. The Morgan fingerprint density at radius 2 is 2.18 bits per heavy atom. The molecule has 0 bridgehead atoms. The lowest BCUT2D eigenvalue weighted by molar-refractivity contribution is 0.387. The molecule has 0 radical (unpaired) electrons. The van der Waals surface area contributed by atoms with Crippen LogP contribution in [0.2, 0.25) is 0 Å². The second-order valence-electron chi connectivity index (χ2n) is 4.87. The minimum Gasteiger partial charge on any atom is -0.496 e. The first-order chi connectivity index (χ1) is 8.11. The van der Waals surface area contributed by atoms with Gasteiger partial charge in [0.15, 0.2) is 0 Å². The SMILES string of the molecule is COc1ccc(Br)cc1CC1CCC(Cl)C1C. The zero-order chi connectivity index (χ0) is 12.4. The number of alkyl halides is 1. The summed E-state index contributed by atoms with van der Waals surface area (Å²) < 4.78 is 6.53. The Labute approximate surface area is 117 Å². The summed E-state index contributed by atoms with van der Waals surface area (Å²) in [6.45, 7) is 2.26. The molecule has 1 aromatic rings. The molecule has 0 saturated heterocycles. The van der Waals surface area contributed by atoms with Crippen molar-refractivity contribution in [3.8, 4) is 5.75 Å². The van der Waals surface area contributed by atoms with Gasteiger partial charge in [0.05, 0.1) is 7.11 Å². The molecule has 1 fully saturated rings. The smallest absolute Gasteiger partial charge is 0.122 e. The minimum atomic E-state index is 0.346. The summed E-state index contributed by atoms with van der Waals surface area (Å²) in [5, 5.41) is 0.346. The second-order valence-corrected chi connectivity index (χ2v) is 6.35. The largest absolute Gasteiger partial charge is 0.496 e. The minimum absolute atomic E-state index is 0.346. The van der Waals surface area contributed by atoms with E-state index < -0.39 is 0 Å². The lowest BCUT2D eigenvalue weighted by Gasteiger charge is -2.18. The van der Waals surface area contributed by atoms with Gasteiger partial charge in [0, 0.05) is 9.85 Å². The van der Waals surface area contributed by atoms with Gasteiger partial charge in [-0.1, -0.05) is 22.9 Å². The first-order valence-corrected chi connectivity index (χ1v) is 7.31. The van der Waals surface area contributed by atoms with Crippen LogP contribution in [0.15, 0.2) is 22.7 Å². The molecule has 17 heavy (non-hydrogen) atoms. The van der Waals surface area contributed by atoms with E-state index in [9.17, 15) is 0 Å². The van der Waals surface area contributed by atoms with Crippen LogP contribution in [-0.4, -0.2) is 12.5 Å². The van der Waals surface area contributed by atoms with E-state index in [-0.39, 0.29) is 0 Å². The second kappa shape index (κ2) is 5.62. The summed E-state index contributed by atoms with van der Waals surface area (Å²) in [6, 6.07) is 6.20. The summed E-state index contributed by atoms with van der Waals surface area (Å²) in [7, 11) is 1.73. The van der Waals surface area contributed by atoms with E-state index in [1.54, 1.807) is 7.11 Å². The average Bonchev–Trinajstić information content (AvgIpc) is 2.61. The van der Waals surface area contributed by atoms with Crippen LogP contribution < -0.4 is 4.74 Å². The third-order valence-corrected chi connectivity index (χ3v) is 4.96. The molecule has 0 aliphatic heterocycles. The Morgan fingerprint density at radius 1 is 1.41 bits per heavy atom. The number of benzene rings is 1. The summed E-state index contributed by atoms with van der Waals surface area (Å²) in [5.74, 6) is 2.26. The molecule has 2 rings (SSSR count). The van der Waals surface area contributed by atoms with Crippen molar-refractivity contribution >= 4 is 27.5 Å². The number of methoxy groups -OCH3 is 1. The zero-order valence-corrected chi connectivity index (χ0v) is 12.6. The summed E-state index contributed by atoms with van der Waals surface area (Å²) in [6.07, 6.45) is 3.43. The highest BCUT2D eigenvalue weighted by Gasteiger charge is 2.31. The van der Waals surface area contributed by atoms with Gasteiger partial charge in [-0.25, -0.2) is 0 Å². The molecule has 94 valence electrons. The van der Waals surface area contributed by atoms with Crippen molar-refractivity contribution in [3.05, 3.63) is 28.2 Å². The molecule has 3 atom stereocenters. The van der Waals surface area contributed by atoms with Crippen molar-refractivity contribution in [1.82, 2.24) is 0 Å². The highest BCUT2D eigenvalue weighted by atomic mass is 79.9. The van der Waals surface area contributed by atoms with E-state index in [0.29, 0.717) is 17.2 Å². The molecule has 0 aromatic heterocycles. The summed E-state index contributed by atoms with van der Waals surface area (Å²) in [4.78, 5) is 0. The molecule has 3 heteroatoms. The molecule has 1 nitrogen and oxygen atoms in total. The van der Waals surface area contributed by atoms with Gasteiger partial charge >= 0.3 is 0 Å². The maximum Gasteiger partial charge on any atom is 0.122 e. The Bertz CT molecular complexity index is 394. The fraction of sp³-hybridized carbons (Fsp3) is 0.571. The number of halogens is 2. The van der Waals surface area contributed by atoms with Crippen LogP contribution >= 0.6 is 27.5 Å². The fourth-order valence-electron chi connectivity index (χ4n) is 2.67. The standard InChI is InChI=1S/C14H18BrClO/c1-9-10(3-5-13(9)16)7-11-8-12(15)4-6-14(11)17-2/h4,6,8-10,13H,3,5,7H2,1-2H3. The zero-order valence-electron chi connectivity index (χ0n) is 10.2. The first kappa shape index (κ1) is 13.2. The van der Waals surface area contributed by atoms with Crippen LogP contribution in [0.25, 0.3) is 0 Å². The van der Waals surface area contributed by atoms with Gasteiger partial charge in [0.1, 0.15) is 5.75 Å². The molecular weight excluding hydrogens is 300 g/mol. The molecule has 0 amide bonds. The average molecular weight is 318 g/mol. The van der Waals surface area contributed by atoms with E-state index in [4.69, 9.17) is 16.3 Å². The van der Waals surface area contributed by atoms with Crippen LogP contribution in [0.3, 0.4) is 0 Å². The van der Waals surface area contributed by atoms with E-state index >= 15 is 0 Å². The van der Waals surface area contributed by atoms with Crippen molar-refractivity contribution in [2.75, 3.05) is 7.11 Å².